The van der Waals surface area contributed by atoms with Gasteiger partial charge in [0, 0.05) is 17.1 Å². The lowest BCUT2D eigenvalue weighted by Gasteiger charge is -2.12. The summed E-state index contributed by atoms with van der Waals surface area (Å²) in [5.74, 6) is 0.891. The topological polar surface area (TPSA) is 22.1 Å². The fourth-order valence-electron chi connectivity index (χ4n) is 2.34. The van der Waals surface area contributed by atoms with Crippen molar-refractivity contribution < 1.29 is 4.74 Å². The Labute approximate surface area is 124 Å². The van der Waals surface area contributed by atoms with Gasteiger partial charge in [-0.25, -0.2) is 0 Å². The van der Waals surface area contributed by atoms with Crippen LogP contribution in [0.2, 0.25) is 0 Å². The predicted octanol–water partition coefficient (Wildman–Crippen LogP) is 4.85. The summed E-state index contributed by atoms with van der Waals surface area (Å²) in [6, 6.07) is 18.3. The van der Waals surface area contributed by atoms with Crippen LogP contribution in [0, 0.1) is 0 Å². The van der Waals surface area contributed by atoms with Crippen LogP contribution in [-0.4, -0.2) is 4.98 Å². The highest BCUT2D eigenvalue weighted by Gasteiger charge is 2.08. The minimum absolute atomic E-state index is 0.555. The van der Waals surface area contributed by atoms with Gasteiger partial charge in [0.2, 0.25) is 0 Å². The molecular formula is C19H17NO. The highest BCUT2D eigenvalue weighted by Crippen LogP contribution is 2.30. The van der Waals surface area contributed by atoms with E-state index >= 15 is 0 Å². The van der Waals surface area contributed by atoms with Crippen molar-refractivity contribution in [3.05, 3.63) is 78.0 Å². The third-order valence-corrected chi connectivity index (χ3v) is 3.34. The molecule has 1 aromatic heterocycles. The van der Waals surface area contributed by atoms with Crippen LogP contribution >= 0.6 is 0 Å². The smallest absolute Gasteiger partial charge is 0.136 e. The Balaban J connectivity index is 2.00. The summed E-state index contributed by atoms with van der Waals surface area (Å²) in [5.41, 5.74) is 3.19. The van der Waals surface area contributed by atoms with Gasteiger partial charge in [-0.1, -0.05) is 42.5 Å². The minimum atomic E-state index is 0.555. The van der Waals surface area contributed by atoms with E-state index in [-0.39, 0.29) is 0 Å². The first-order valence-electron chi connectivity index (χ1n) is 7.05. The van der Waals surface area contributed by atoms with Gasteiger partial charge >= 0.3 is 0 Å². The SMILES string of the molecule is CC=Cc1ccc2ncccc2c1OCc1ccccc1. The molecule has 1 heterocycles. The molecule has 0 aliphatic rings. The number of nitrogens with zero attached hydrogens (tertiary/aromatic N) is 1. The maximum atomic E-state index is 6.10. The lowest BCUT2D eigenvalue weighted by atomic mass is 10.1. The highest BCUT2D eigenvalue weighted by molar-refractivity contribution is 5.89. The molecule has 0 saturated heterocycles. The highest BCUT2D eigenvalue weighted by atomic mass is 16.5. The molecule has 0 saturated carbocycles. The molecule has 0 aliphatic carbocycles. The summed E-state index contributed by atoms with van der Waals surface area (Å²) in [6.45, 7) is 2.56. The summed E-state index contributed by atoms with van der Waals surface area (Å²) in [5, 5.41) is 1.05. The standard InChI is InChI=1S/C19H17NO/c1-2-7-16-11-12-18-17(10-6-13-20-18)19(16)21-14-15-8-4-3-5-9-15/h2-13H,14H2,1H3. The predicted molar refractivity (Wildman–Crippen MR) is 87.2 cm³/mol. The molecule has 0 atom stereocenters. The van der Waals surface area contributed by atoms with E-state index in [9.17, 15) is 0 Å². The number of rotatable bonds is 4. The van der Waals surface area contributed by atoms with E-state index in [0.717, 1.165) is 27.8 Å². The first-order chi connectivity index (χ1) is 10.4. The molecule has 2 nitrogen and oxygen atoms in total. The van der Waals surface area contributed by atoms with E-state index < -0.39 is 0 Å². The van der Waals surface area contributed by atoms with Gasteiger partial charge < -0.3 is 4.74 Å². The van der Waals surface area contributed by atoms with Crippen molar-refractivity contribution >= 4 is 17.0 Å². The average molecular weight is 275 g/mol. The molecule has 0 radical (unpaired) electrons. The summed E-state index contributed by atoms with van der Waals surface area (Å²) in [4.78, 5) is 4.39. The number of aromatic nitrogens is 1. The molecule has 0 fully saturated rings. The summed E-state index contributed by atoms with van der Waals surface area (Å²) in [6.07, 6.45) is 5.89. The van der Waals surface area contributed by atoms with Gasteiger partial charge in [0.05, 0.1) is 5.52 Å². The number of benzene rings is 2. The Morgan fingerprint density at radius 3 is 2.67 bits per heavy atom. The molecule has 0 bridgehead atoms. The van der Waals surface area contributed by atoms with Gasteiger partial charge in [-0.15, -0.1) is 0 Å². The zero-order chi connectivity index (χ0) is 14.5. The van der Waals surface area contributed by atoms with Crippen LogP contribution < -0.4 is 4.74 Å². The molecule has 2 heteroatoms. The third kappa shape index (κ3) is 2.95. The molecule has 0 aliphatic heterocycles. The molecule has 0 spiro atoms. The normalized spacial score (nSPS) is 11.1. The van der Waals surface area contributed by atoms with E-state index in [4.69, 9.17) is 4.74 Å². The first kappa shape index (κ1) is 13.4. The first-order valence-corrected chi connectivity index (χ1v) is 7.05. The Bertz CT molecular complexity index is 763. The lowest BCUT2D eigenvalue weighted by molar-refractivity contribution is 0.309. The summed E-state index contributed by atoms with van der Waals surface area (Å²) >= 11 is 0. The molecular weight excluding hydrogens is 258 g/mol. The number of hydrogen-bond donors (Lipinski definition) is 0. The van der Waals surface area contributed by atoms with Gasteiger partial charge in [0.25, 0.3) is 0 Å². The minimum Gasteiger partial charge on any atom is -0.488 e. The maximum absolute atomic E-state index is 6.10. The van der Waals surface area contributed by atoms with Gasteiger partial charge in [-0.2, -0.15) is 0 Å². The van der Waals surface area contributed by atoms with Gasteiger partial charge in [-0.05, 0) is 36.8 Å². The van der Waals surface area contributed by atoms with E-state index in [1.165, 1.54) is 0 Å². The largest absolute Gasteiger partial charge is 0.488 e. The molecule has 2 aromatic carbocycles. The zero-order valence-electron chi connectivity index (χ0n) is 12.0. The number of hydrogen-bond acceptors (Lipinski definition) is 2. The summed E-state index contributed by atoms with van der Waals surface area (Å²) < 4.78 is 6.10. The van der Waals surface area contributed by atoms with Crippen LogP contribution in [-0.2, 0) is 6.61 Å². The van der Waals surface area contributed by atoms with Crippen LogP contribution in [0.15, 0.2) is 66.9 Å². The zero-order valence-corrected chi connectivity index (χ0v) is 12.0. The van der Waals surface area contributed by atoms with E-state index in [2.05, 4.69) is 35.3 Å². The second-order valence-electron chi connectivity index (χ2n) is 4.83. The Morgan fingerprint density at radius 1 is 1.00 bits per heavy atom. The van der Waals surface area contributed by atoms with Gasteiger partial charge in [0.15, 0.2) is 0 Å². The average Bonchev–Trinajstić information content (AvgIpc) is 2.55. The monoisotopic (exact) mass is 275 g/mol. The van der Waals surface area contributed by atoms with Crippen LogP contribution in [0.4, 0.5) is 0 Å². The number of allylic oxidation sites excluding steroid dienone is 1. The van der Waals surface area contributed by atoms with Crippen LogP contribution in [0.3, 0.4) is 0 Å². The van der Waals surface area contributed by atoms with Crippen molar-refractivity contribution in [3.63, 3.8) is 0 Å². The third-order valence-electron chi connectivity index (χ3n) is 3.34. The molecule has 0 N–H and O–H groups in total. The Hall–Kier alpha value is -2.61. The van der Waals surface area contributed by atoms with Crippen molar-refractivity contribution in [2.24, 2.45) is 0 Å². The Kier molecular flexibility index (Phi) is 3.97. The number of fused-ring (bicyclic) bond motifs is 1. The van der Waals surface area contributed by atoms with E-state index in [1.54, 1.807) is 6.20 Å². The van der Waals surface area contributed by atoms with Crippen molar-refractivity contribution in [2.75, 3.05) is 0 Å². The number of pyridine rings is 1. The maximum Gasteiger partial charge on any atom is 0.136 e. The fourth-order valence-corrected chi connectivity index (χ4v) is 2.34. The van der Waals surface area contributed by atoms with Gasteiger partial charge in [0.1, 0.15) is 12.4 Å². The van der Waals surface area contributed by atoms with Crippen LogP contribution in [0.1, 0.15) is 18.1 Å². The Morgan fingerprint density at radius 2 is 1.86 bits per heavy atom. The van der Waals surface area contributed by atoms with Crippen molar-refractivity contribution in [2.45, 2.75) is 13.5 Å². The van der Waals surface area contributed by atoms with Crippen LogP contribution in [0.25, 0.3) is 17.0 Å². The fraction of sp³-hybridized carbons (Fsp3) is 0.105. The quantitative estimate of drug-likeness (QED) is 0.679. The van der Waals surface area contributed by atoms with Crippen LogP contribution in [0.5, 0.6) is 5.75 Å². The van der Waals surface area contributed by atoms with Crippen molar-refractivity contribution in [1.29, 1.82) is 0 Å². The summed E-state index contributed by atoms with van der Waals surface area (Å²) in [7, 11) is 0. The molecule has 0 unspecified atom stereocenters. The van der Waals surface area contributed by atoms with Crippen molar-refractivity contribution in [1.82, 2.24) is 4.98 Å². The molecule has 21 heavy (non-hydrogen) atoms. The lowest BCUT2D eigenvalue weighted by Crippen LogP contribution is -1.98. The van der Waals surface area contributed by atoms with E-state index in [1.807, 2.05) is 43.3 Å². The molecule has 3 rings (SSSR count). The van der Waals surface area contributed by atoms with Gasteiger partial charge in [-0.3, -0.25) is 4.98 Å². The van der Waals surface area contributed by atoms with E-state index in [0.29, 0.717) is 6.61 Å². The second-order valence-corrected chi connectivity index (χ2v) is 4.83. The number of ether oxygens (including phenoxy) is 1. The molecule has 104 valence electrons. The second kappa shape index (κ2) is 6.23. The molecule has 3 aromatic rings. The molecule has 0 amide bonds. The van der Waals surface area contributed by atoms with Crippen molar-refractivity contribution in [3.8, 4) is 5.75 Å².